The molecule has 0 heterocycles. The summed E-state index contributed by atoms with van der Waals surface area (Å²) in [7, 11) is 1.59. The van der Waals surface area contributed by atoms with Crippen LogP contribution in [0.1, 0.15) is 29.3 Å². The Morgan fingerprint density at radius 3 is 2.35 bits per heavy atom. The van der Waals surface area contributed by atoms with Gasteiger partial charge >= 0.3 is 0 Å². The maximum absolute atomic E-state index is 12.8. The Labute approximate surface area is 151 Å². The van der Waals surface area contributed by atoms with Gasteiger partial charge in [-0.2, -0.15) is 5.10 Å². The molecule has 0 spiro atoms. The minimum atomic E-state index is -0.469. The Morgan fingerprint density at radius 2 is 1.73 bits per heavy atom. The monoisotopic (exact) mass is 357 g/mol. The van der Waals surface area contributed by atoms with Crippen LogP contribution >= 0.6 is 0 Å². The summed E-state index contributed by atoms with van der Waals surface area (Å²) in [6.07, 6.45) is 0.0554. The molecule has 136 valence electrons. The number of nitrogens with zero attached hydrogens (tertiary/aromatic N) is 1. The summed E-state index contributed by atoms with van der Waals surface area (Å²) in [5, 5.41) is 6.66. The number of amides is 2. The van der Waals surface area contributed by atoms with Gasteiger partial charge in [-0.3, -0.25) is 9.59 Å². The number of hydrazone groups is 1. The number of nitrogens with one attached hydrogen (secondary N) is 2. The molecule has 0 unspecified atom stereocenters. The average Bonchev–Trinajstić information content (AvgIpc) is 2.65. The highest BCUT2D eigenvalue weighted by molar-refractivity contribution is 6.01. The van der Waals surface area contributed by atoms with Gasteiger partial charge in [-0.15, -0.1) is 0 Å². The number of carbonyl (C=O) groups excluding carboxylic acids is 2. The van der Waals surface area contributed by atoms with E-state index in [4.69, 9.17) is 4.74 Å². The van der Waals surface area contributed by atoms with Gasteiger partial charge in [0.25, 0.3) is 5.91 Å². The standard InChI is InChI=1S/C19H20FN3O3/c1-13(22-23-19(25)15-5-7-16(20)8-6-15)11-18(24)21-12-14-3-9-17(26-2)10-4-14/h3-10H,11-12H2,1-2H3,(H,21,24)(H,23,25)/b22-13+. The first-order chi connectivity index (χ1) is 12.5. The van der Waals surface area contributed by atoms with Gasteiger partial charge in [0.2, 0.25) is 5.91 Å². The lowest BCUT2D eigenvalue weighted by molar-refractivity contribution is -0.120. The predicted octanol–water partition coefficient (Wildman–Crippen LogP) is 2.65. The number of carbonyl (C=O) groups is 2. The van der Waals surface area contributed by atoms with Crippen LogP contribution in [-0.2, 0) is 11.3 Å². The predicted molar refractivity (Wildman–Crippen MR) is 96.4 cm³/mol. The second-order valence-electron chi connectivity index (χ2n) is 5.60. The molecule has 0 bridgehead atoms. The third kappa shape index (κ3) is 6.01. The zero-order valence-corrected chi connectivity index (χ0v) is 14.6. The second-order valence-corrected chi connectivity index (χ2v) is 5.60. The van der Waals surface area contributed by atoms with Crippen molar-refractivity contribution in [3.8, 4) is 5.75 Å². The maximum atomic E-state index is 12.8. The molecule has 0 radical (unpaired) electrons. The molecule has 2 N–H and O–H groups in total. The van der Waals surface area contributed by atoms with Crippen molar-refractivity contribution in [2.75, 3.05) is 7.11 Å². The first-order valence-electron chi connectivity index (χ1n) is 7.96. The number of ether oxygens (including phenoxy) is 1. The van der Waals surface area contributed by atoms with E-state index in [1.165, 1.54) is 24.3 Å². The topological polar surface area (TPSA) is 79.8 Å². The summed E-state index contributed by atoms with van der Waals surface area (Å²) in [4.78, 5) is 23.8. The molecule has 6 nitrogen and oxygen atoms in total. The molecule has 0 aliphatic heterocycles. The van der Waals surface area contributed by atoms with Crippen LogP contribution in [-0.4, -0.2) is 24.6 Å². The molecule has 2 rings (SSSR count). The molecule has 2 aromatic rings. The Bertz CT molecular complexity index is 787. The summed E-state index contributed by atoms with van der Waals surface area (Å²) < 4.78 is 17.9. The van der Waals surface area contributed by atoms with E-state index < -0.39 is 11.7 Å². The highest BCUT2D eigenvalue weighted by atomic mass is 19.1. The van der Waals surface area contributed by atoms with Gasteiger partial charge in [0, 0.05) is 17.8 Å². The second kappa shape index (κ2) is 9.31. The van der Waals surface area contributed by atoms with Gasteiger partial charge in [0.15, 0.2) is 0 Å². The van der Waals surface area contributed by atoms with E-state index >= 15 is 0 Å². The average molecular weight is 357 g/mol. The van der Waals surface area contributed by atoms with Crippen molar-refractivity contribution in [3.63, 3.8) is 0 Å². The molecule has 7 heteroatoms. The number of rotatable bonds is 7. The summed E-state index contributed by atoms with van der Waals surface area (Å²) in [5.41, 5.74) is 4.02. The summed E-state index contributed by atoms with van der Waals surface area (Å²) >= 11 is 0. The molecule has 0 aromatic heterocycles. The smallest absolute Gasteiger partial charge is 0.271 e. The Kier molecular flexibility index (Phi) is 6.84. The van der Waals surface area contributed by atoms with E-state index in [1.807, 2.05) is 24.3 Å². The molecule has 0 saturated heterocycles. The molecule has 26 heavy (non-hydrogen) atoms. The largest absolute Gasteiger partial charge is 0.497 e. The lowest BCUT2D eigenvalue weighted by Gasteiger charge is -2.07. The van der Waals surface area contributed by atoms with Crippen LogP contribution in [0.4, 0.5) is 4.39 Å². The van der Waals surface area contributed by atoms with E-state index in [-0.39, 0.29) is 17.9 Å². The summed E-state index contributed by atoms with van der Waals surface area (Å²) in [6.45, 7) is 2.02. The molecule has 2 aromatic carbocycles. The Hall–Kier alpha value is -3.22. The van der Waals surface area contributed by atoms with Crippen molar-refractivity contribution in [3.05, 3.63) is 65.5 Å². The van der Waals surface area contributed by atoms with Crippen molar-refractivity contribution >= 4 is 17.5 Å². The first-order valence-corrected chi connectivity index (χ1v) is 7.96. The summed E-state index contributed by atoms with van der Waals surface area (Å²) in [5.74, 6) is -0.351. The SMILES string of the molecule is COc1ccc(CNC(=O)C/C(C)=N/NC(=O)c2ccc(F)cc2)cc1. The maximum Gasteiger partial charge on any atom is 0.271 e. The quantitative estimate of drug-likeness (QED) is 0.591. The number of hydrogen-bond acceptors (Lipinski definition) is 4. The van der Waals surface area contributed by atoms with Crippen LogP contribution in [0.25, 0.3) is 0 Å². The van der Waals surface area contributed by atoms with Crippen molar-refractivity contribution in [2.24, 2.45) is 5.10 Å². The molecule has 2 amide bonds. The van der Waals surface area contributed by atoms with Gasteiger partial charge in [-0.1, -0.05) is 12.1 Å². The Morgan fingerprint density at radius 1 is 1.08 bits per heavy atom. The molecule has 0 aliphatic carbocycles. The van der Waals surface area contributed by atoms with Gasteiger partial charge < -0.3 is 10.1 Å². The van der Waals surface area contributed by atoms with Crippen molar-refractivity contribution in [1.82, 2.24) is 10.7 Å². The first kappa shape index (κ1) is 19.1. The lowest BCUT2D eigenvalue weighted by atomic mass is 10.2. The normalized spacial score (nSPS) is 11.0. The van der Waals surface area contributed by atoms with Crippen LogP contribution in [0.5, 0.6) is 5.75 Å². The van der Waals surface area contributed by atoms with E-state index in [1.54, 1.807) is 14.0 Å². The molecule has 0 atom stereocenters. The number of benzene rings is 2. The molecular formula is C19H20FN3O3. The number of hydrogen-bond donors (Lipinski definition) is 2. The molecule has 0 fully saturated rings. The fourth-order valence-electron chi connectivity index (χ4n) is 2.09. The zero-order chi connectivity index (χ0) is 18.9. The van der Waals surface area contributed by atoms with Crippen molar-refractivity contribution in [1.29, 1.82) is 0 Å². The number of halogens is 1. The van der Waals surface area contributed by atoms with Crippen LogP contribution in [0, 0.1) is 5.82 Å². The highest BCUT2D eigenvalue weighted by Crippen LogP contribution is 2.11. The fourth-order valence-corrected chi connectivity index (χ4v) is 2.09. The minimum Gasteiger partial charge on any atom is -0.497 e. The third-order valence-electron chi connectivity index (χ3n) is 3.52. The van der Waals surface area contributed by atoms with Gasteiger partial charge in [-0.25, -0.2) is 9.82 Å². The van der Waals surface area contributed by atoms with Crippen LogP contribution < -0.4 is 15.5 Å². The van der Waals surface area contributed by atoms with Crippen molar-refractivity contribution in [2.45, 2.75) is 19.9 Å². The summed E-state index contributed by atoms with van der Waals surface area (Å²) in [6, 6.07) is 12.5. The van der Waals surface area contributed by atoms with Gasteiger partial charge in [0.1, 0.15) is 11.6 Å². The number of methoxy groups -OCH3 is 1. The van der Waals surface area contributed by atoms with Gasteiger partial charge in [0.05, 0.1) is 13.5 Å². The van der Waals surface area contributed by atoms with Crippen LogP contribution in [0.15, 0.2) is 53.6 Å². The van der Waals surface area contributed by atoms with Crippen LogP contribution in [0.2, 0.25) is 0 Å². The molecular weight excluding hydrogens is 337 g/mol. The van der Waals surface area contributed by atoms with E-state index in [9.17, 15) is 14.0 Å². The minimum absolute atomic E-state index is 0.0554. The van der Waals surface area contributed by atoms with E-state index in [0.29, 0.717) is 12.3 Å². The molecule has 0 aliphatic rings. The third-order valence-corrected chi connectivity index (χ3v) is 3.52. The van der Waals surface area contributed by atoms with E-state index in [2.05, 4.69) is 15.8 Å². The Balaban J connectivity index is 1.78. The molecule has 0 saturated carbocycles. The van der Waals surface area contributed by atoms with Crippen molar-refractivity contribution < 1.29 is 18.7 Å². The van der Waals surface area contributed by atoms with E-state index in [0.717, 1.165) is 11.3 Å². The lowest BCUT2D eigenvalue weighted by Crippen LogP contribution is -2.26. The van der Waals surface area contributed by atoms with Gasteiger partial charge in [-0.05, 0) is 48.9 Å². The zero-order valence-electron chi connectivity index (χ0n) is 14.6. The fraction of sp³-hybridized carbons (Fsp3) is 0.211. The highest BCUT2D eigenvalue weighted by Gasteiger charge is 2.07. The van der Waals surface area contributed by atoms with Crippen LogP contribution in [0.3, 0.4) is 0 Å².